The zero-order valence-electron chi connectivity index (χ0n) is 14.5. The first kappa shape index (κ1) is 18.6. The first-order valence-corrected chi connectivity index (χ1v) is 8.97. The second kappa shape index (κ2) is 8.01. The van der Waals surface area contributed by atoms with E-state index in [0.29, 0.717) is 16.8 Å². The Kier molecular flexibility index (Phi) is 5.52. The normalized spacial score (nSPS) is 15.3. The average Bonchev–Trinajstić information content (AvgIpc) is 2.91. The van der Waals surface area contributed by atoms with Crippen molar-refractivity contribution in [2.45, 2.75) is 6.92 Å². The van der Waals surface area contributed by atoms with Crippen molar-refractivity contribution in [1.29, 1.82) is 0 Å². The van der Waals surface area contributed by atoms with Crippen LogP contribution in [0.4, 0.5) is 10.5 Å². The molecule has 0 bridgehead atoms. The van der Waals surface area contributed by atoms with Gasteiger partial charge in [-0.3, -0.25) is 24.1 Å². The van der Waals surface area contributed by atoms with Gasteiger partial charge in [0.05, 0.1) is 11.4 Å². The number of benzene rings is 2. The van der Waals surface area contributed by atoms with Gasteiger partial charge < -0.3 is 5.32 Å². The van der Waals surface area contributed by atoms with Crippen LogP contribution in [0.3, 0.4) is 0 Å². The van der Waals surface area contributed by atoms with Gasteiger partial charge in [-0.1, -0.05) is 42.5 Å². The van der Waals surface area contributed by atoms with Crippen LogP contribution in [0, 0.1) is 0 Å². The monoisotopic (exact) mass is 380 g/mol. The first-order valence-electron chi connectivity index (χ1n) is 8.15. The maximum absolute atomic E-state index is 12.5. The van der Waals surface area contributed by atoms with Gasteiger partial charge in [-0.15, -0.1) is 0 Å². The maximum atomic E-state index is 12.5. The van der Waals surface area contributed by atoms with Gasteiger partial charge in [0.15, 0.2) is 5.78 Å². The highest BCUT2D eigenvalue weighted by Gasteiger charge is 2.36. The van der Waals surface area contributed by atoms with Crippen molar-refractivity contribution in [2.75, 3.05) is 11.9 Å². The molecule has 7 heteroatoms. The molecule has 0 saturated carbocycles. The highest BCUT2D eigenvalue weighted by atomic mass is 32.2. The van der Waals surface area contributed by atoms with Crippen molar-refractivity contribution in [3.63, 3.8) is 0 Å². The quantitative estimate of drug-likeness (QED) is 0.633. The van der Waals surface area contributed by atoms with Crippen LogP contribution in [0.1, 0.15) is 22.8 Å². The molecule has 1 N–H and O–H groups in total. The summed E-state index contributed by atoms with van der Waals surface area (Å²) in [6.07, 6.45) is 1.59. The number of rotatable bonds is 5. The Bertz CT molecular complexity index is 936. The second-order valence-electron chi connectivity index (χ2n) is 5.86. The molecule has 1 heterocycles. The number of Topliss-reactive ketones (excluding diaryl/α,β-unsaturated/α-hetero) is 1. The van der Waals surface area contributed by atoms with E-state index in [1.165, 1.54) is 6.92 Å². The molecule has 3 amide bonds. The number of carbonyl (C=O) groups is 4. The standard InChI is InChI=1S/C20H16N2O4S/c1-13(23)21-16-9-7-14(8-10-16)11-18-19(25)22(20(26)27-18)12-17(24)15-5-3-2-4-6-15/h2-11H,12H2,1H3,(H,21,23)/b18-11-. The number of carbonyl (C=O) groups excluding carboxylic acids is 4. The van der Waals surface area contributed by atoms with Crippen LogP contribution in [0.5, 0.6) is 0 Å². The van der Waals surface area contributed by atoms with Crippen LogP contribution in [-0.4, -0.2) is 34.3 Å². The molecule has 1 fully saturated rings. The third kappa shape index (κ3) is 4.51. The smallest absolute Gasteiger partial charge is 0.293 e. The Labute approximate surface area is 160 Å². The van der Waals surface area contributed by atoms with Crippen LogP contribution in [0.25, 0.3) is 6.08 Å². The van der Waals surface area contributed by atoms with E-state index in [0.717, 1.165) is 16.7 Å². The van der Waals surface area contributed by atoms with Gasteiger partial charge in [0.1, 0.15) is 0 Å². The Morgan fingerprint density at radius 3 is 2.33 bits per heavy atom. The van der Waals surface area contributed by atoms with Crippen molar-refractivity contribution in [1.82, 2.24) is 4.90 Å². The number of thioether (sulfide) groups is 1. The predicted octanol–water partition coefficient (Wildman–Crippen LogP) is 3.56. The fraction of sp³-hybridized carbons (Fsp3) is 0.100. The zero-order valence-corrected chi connectivity index (χ0v) is 15.3. The van der Waals surface area contributed by atoms with Crippen molar-refractivity contribution in [3.05, 3.63) is 70.6 Å². The molecule has 27 heavy (non-hydrogen) atoms. The van der Waals surface area contributed by atoms with Gasteiger partial charge in [0.25, 0.3) is 11.1 Å². The highest BCUT2D eigenvalue weighted by molar-refractivity contribution is 8.18. The lowest BCUT2D eigenvalue weighted by Gasteiger charge is -2.11. The third-order valence-corrected chi connectivity index (χ3v) is 4.71. The lowest BCUT2D eigenvalue weighted by atomic mass is 10.1. The largest absolute Gasteiger partial charge is 0.326 e. The van der Waals surface area contributed by atoms with E-state index >= 15 is 0 Å². The molecule has 2 aromatic rings. The van der Waals surface area contributed by atoms with Crippen LogP contribution >= 0.6 is 11.8 Å². The van der Waals surface area contributed by atoms with Gasteiger partial charge in [-0.05, 0) is 35.5 Å². The number of nitrogens with zero attached hydrogens (tertiary/aromatic N) is 1. The second-order valence-corrected chi connectivity index (χ2v) is 6.85. The summed E-state index contributed by atoms with van der Waals surface area (Å²) >= 11 is 0.805. The molecule has 3 rings (SSSR count). The number of ketones is 1. The van der Waals surface area contributed by atoms with E-state index in [-0.39, 0.29) is 23.1 Å². The topological polar surface area (TPSA) is 83.6 Å². The number of imide groups is 1. The molecule has 0 atom stereocenters. The van der Waals surface area contributed by atoms with Gasteiger partial charge in [0.2, 0.25) is 5.91 Å². The Hall–Kier alpha value is -3.19. The molecule has 0 aromatic heterocycles. The van der Waals surface area contributed by atoms with Crippen LogP contribution in [0.2, 0.25) is 0 Å². The molecule has 2 aromatic carbocycles. The van der Waals surface area contributed by atoms with Crippen LogP contribution in [-0.2, 0) is 9.59 Å². The number of hydrogen-bond donors (Lipinski definition) is 1. The van der Waals surface area contributed by atoms with E-state index in [2.05, 4.69) is 5.32 Å². The molecule has 0 radical (unpaired) electrons. The molecule has 6 nitrogen and oxygen atoms in total. The van der Waals surface area contributed by atoms with Crippen molar-refractivity contribution in [2.24, 2.45) is 0 Å². The fourth-order valence-electron chi connectivity index (χ4n) is 2.51. The summed E-state index contributed by atoms with van der Waals surface area (Å²) in [6, 6.07) is 15.4. The van der Waals surface area contributed by atoms with Gasteiger partial charge in [-0.2, -0.15) is 0 Å². The van der Waals surface area contributed by atoms with Gasteiger partial charge >= 0.3 is 0 Å². The minimum Gasteiger partial charge on any atom is -0.326 e. The SMILES string of the molecule is CC(=O)Nc1ccc(/C=C2\SC(=O)N(CC(=O)c3ccccc3)C2=O)cc1. The van der Waals surface area contributed by atoms with E-state index in [4.69, 9.17) is 0 Å². The van der Waals surface area contributed by atoms with E-state index in [9.17, 15) is 19.2 Å². The van der Waals surface area contributed by atoms with Crippen molar-refractivity contribution >= 4 is 46.4 Å². The minimum absolute atomic E-state index is 0.174. The summed E-state index contributed by atoms with van der Waals surface area (Å²) in [7, 11) is 0. The number of anilines is 1. The molecule has 1 aliphatic heterocycles. The number of amides is 3. The molecule has 0 unspecified atom stereocenters. The summed E-state index contributed by atoms with van der Waals surface area (Å²) in [4.78, 5) is 49.2. The van der Waals surface area contributed by atoms with Crippen LogP contribution < -0.4 is 5.32 Å². The third-order valence-electron chi connectivity index (χ3n) is 3.80. The Morgan fingerprint density at radius 2 is 1.70 bits per heavy atom. The van der Waals surface area contributed by atoms with Crippen molar-refractivity contribution < 1.29 is 19.2 Å². The summed E-state index contributed by atoms with van der Waals surface area (Å²) in [6.45, 7) is 1.13. The number of nitrogens with one attached hydrogen (secondary N) is 1. The van der Waals surface area contributed by atoms with Crippen LogP contribution in [0.15, 0.2) is 59.5 Å². The zero-order chi connectivity index (χ0) is 19.4. The minimum atomic E-state index is -0.486. The summed E-state index contributed by atoms with van der Waals surface area (Å²) < 4.78 is 0. The molecule has 0 spiro atoms. The molecular weight excluding hydrogens is 364 g/mol. The summed E-state index contributed by atoms with van der Waals surface area (Å²) in [5.74, 6) is -0.953. The van der Waals surface area contributed by atoms with E-state index < -0.39 is 11.1 Å². The maximum Gasteiger partial charge on any atom is 0.293 e. The molecular formula is C20H16N2O4S. The average molecular weight is 380 g/mol. The van der Waals surface area contributed by atoms with E-state index in [1.807, 2.05) is 0 Å². The fourth-order valence-corrected chi connectivity index (χ4v) is 3.35. The van der Waals surface area contributed by atoms with Gasteiger partial charge in [-0.25, -0.2) is 0 Å². The molecule has 0 aliphatic carbocycles. The predicted molar refractivity (Wildman–Crippen MR) is 104 cm³/mol. The highest BCUT2D eigenvalue weighted by Crippen LogP contribution is 2.32. The molecule has 1 saturated heterocycles. The summed E-state index contributed by atoms with van der Waals surface area (Å²) in [5, 5.41) is 2.19. The van der Waals surface area contributed by atoms with Gasteiger partial charge in [0, 0.05) is 18.2 Å². The first-order chi connectivity index (χ1) is 12.9. The lowest BCUT2D eigenvalue weighted by Crippen LogP contribution is -2.33. The Balaban J connectivity index is 1.72. The Morgan fingerprint density at radius 1 is 1.04 bits per heavy atom. The lowest BCUT2D eigenvalue weighted by molar-refractivity contribution is -0.122. The van der Waals surface area contributed by atoms with E-state index in [1.54, 1.807) is 60.7 Å². The number of hydrogen-bond acceptors (Lipinski definition) is 5. The summed E-state index contributed by atoms with van der Waals surface area (Å²) in [5.41, 5.74) is 1.80. The molecule has 1 aliphatic rings. The molecule has 136 valence electrons. The van der Waals surface area contributed by atoms with Crippen molar-refractivity contribution in [3.8, 4) is 0 Å².